The molecule has 1 aromatic rings. The highest BCUT2D eigenvalue weighted by molar-refractivity contribution is 9.09. The van der Waals surface area contributed by atoms with E-state index in [2.05, 4.69) is 26.6 Å². The van der Waals surface area contributed by atoms with Crippen molar-refractivity contribution in [2.45, 2.75) is 24.1 Å². The van der Waals surface area contributed by atoms with E-state index in [0.29, 0.717) is 22.1 Å². The van der Waals surface area contributed by atoms with Gasteiger partial charge in [0.1, 0.15) is 6.42 Å². The van der Waals surface area contributed by atoms with Crippen molar-refractivity contribution in [1.29, 1.82) is 0 Å². The molecule has 0 aromatic heterocycles. The van der Waals surface area contributed by atoms with Gasteiger partial charge in [0.25, 0.3) is 0 Å². The number of carbonyl (C=O) groups is 2. The molecule has 1 aliphatic carbocycles. The summed E-state index contributed by atoms with van der Waals surface area (Å²) >= 11 is 3.69. The molecule has 1 aromatic carbocycles. The average Bonchev–Trinajstić information content (AvgIpc) is 3.13. The first kappa shape index (κ1) is 11.7. The maximum Gasteiger partial charge on any atom is 0.233 e. The first-order valence-electron chi connectivity index (χ1n) is 6.01. The zero-order valence-corrected chi connectivity index (χ0v) is 11.3. The van der Waals surface area contributed by atoms with E-state index >= 15 is 0 Å². The molecular formula is C13H13BrN2O2. The standard InChI is InChI=1S/C13H13BrN2O2/c14-13(7-1-2-7)8-3-4-9-10(5-8)16-12(18)6-11(17)15-9/h3-5,7,13H,1-2,6H2,(H,15,17)(H,16,18). The van der Waals surface area contributed by atoms with Crippen LogP contribution in [0, 0.1) is 5.92 Å². The fourth-order valence-electron chi connectivity index (χ4n) is 2.14. The Labute approximate surface area is 113 Å². The van der Waals surface area contributed by atoms with E-state index in [9.17, 15) is 9.59 Å². The van der Waals surface area contributed by atoms with Crippen LogP contribution in [-0.2, 0) is 9.59 Å². The summed E-state index contributed by atoms with van der Waals surface area (Å²) in [5, 5.41) is 5.49. The van der Waals surface area contributed by atoms with Crippen molar-refractivity contribution < 1.29 is 9.59 Å². The Morgan fingerprint density at radius 3 is 2.44 bits per heavy atom. The first-order chi connectivity index (χ1) is 8.63. The molecule has 94 valence electrons. The van der Waals surface area contributed by atoms with Crippen LogP contribution in [0.3, 0.4) is 0 Å². The Balaban J connectivity index is 1.93. The molecule has 2 aliphatic rings. The van der Waals surface area contributed by atoms with Crippen molar-refractivity contribution in [2.75, 3.05) is 10.6 Å². The van der Waals surface area contributed by atoms with Gasteiger partial charge >= 0.3 is 0 Å². The third-order valence-electron chi connectivity index (χ3n) is 3.27. The van der Waals surface area contributed by atoms with E-state index in [4.69, 9.17) is 0 Å². The maximum atomic E-state index is 11.5. The topological polar surface area (TPSA) is 58.2 Å². The predicted molar refractivity (Wildman–Crippen MR) is 72.7 cm³/mol. The molecule has 1 heterocycles. The van der Waals surface area contributed by atoms with Crippen molar-refractivity contribution in [3.63, 3.8) is 0 Å². The highest BCUT2D eigenvalue weighted by Crippen LogP contribution is 2.47. The van der Waals surface area contributed by atoms with Gasteiger partial charge in [-0.3, -0.25) is 9.59 Å². The zero-order chi connectivity index (χ0) is 12.7. The number of fused-ring (bicyclic) bond motifs is 1. The molecule has 1 unspecified atom stereocenters. The lowest BCUT2D eigenvalue weighted by Gasteiger charge is -2.13. The minimum atomic E-state index is -0.267. The van der Waals surface area contributed by atoms with Crippen molar-refractivity contribution in [1.82, 2.24) is 0 Å². The third kappa shape index (κ3) is 2.27. The second-order valence-electron chi connectivity index (χ2n) is 4.82. The van der Waals surface area contributed by atoms with Crippen LogP contribution in [-0.4, -0.2) is 11.8 Å². The number of hydrogen-bond donors (Lipinski definition) is 2. The summed E-state index contributed by atoms with van der Waals surface area (Å²) in [6.45, 7) is 0. The number of carbonyl (C=O) groups excluding carboxylic acids is 2. The number of halogens is 1. The molecule has 18 heavy (non-hydrogen) atoms. The summed E-state index contributed by atoms with van der Waals surface area (Å²) < 4.78 is 0. The highest BCUT2D eigenvalue weighted by Gasteiger charge is 2.31. The molecule has 2 N–H and O–H groups in total. The smallest absolute Gasteiger partial charge is 0.233 e. The molecule has 0 bridgehead atoms. The summed E-state index contributed by atoms with van der Waals surface area (Å²) in [5.41, 5.74) is 2.51. The minimum absolute atomic E-state index is 0.121. The van der Waals surface area contributed by atoms with Crippen molar-refractivity contribution >= 4 is 39.1 Å². The van der Waals surface area contributed by atoms with Crippen LogP contribution in [0.2, 0.25) is 0 Å². The van der Waals surface area contributed by atoms with Crippen LogP contribution in [0.25, 0.3) is 0 Å². The molecule has 0 saturated heterocycles. The van der Waals surface area contributed by atoms with Crippen LogP contribution in [0.5, 0.6) is 0 Å². The van der Waals surface area contributed by atoms with Gasteiger partial charge in [0, 0.05) is 4.83 Å². The average molecular weight is 309 g/mol. The Morgan fingerprint density at radius 2 is 1.78 bits per heavy atom. The van der Waals surface area contributed by atoms with Gasteiger partial charge in [-0.25, -0.2) is 0 Å². The molecule has 1 fully saturated rings. The summed E-state index contributed by atoms with van der Waals surface area (Å²) in [6.07, 6.45) is 2.37. The molecule has 1 aliphatic heterocycles. The van der Waals surface area contributed by atoms with Crippen LogP contribution >= 0.6 is 15.9 Å². The van der Waals surface area contributed by atoms with Gasteiger partial charge in [0.05, 0.1) is 11.4 Å². The van der Waals surface area contributed by atoms with E-state index in [-0.39, 0.29) is 18.2 Å². The van der Waals surface area contributed by atoms with Crippen LogP contribution < -0.4 is 10.6 Å². The summed E-state index contributed by atoms with van der Waals surface area (Å²) in [6, 6.07) is 5.79. The van der Waals surface area contributed by atoms with E-state index in [1.165, 1.54) is 12.8 Å². The minimum Gasteiger partial charge on any atom is -0.324 e. The Kier molecular flexibility index (Phi) is 2.86. The predicted octanol–water partition coefficient (Wildman–Crippen LogP) is 2.81. The quantitative estimate of drug-likeness (QED) is 0.652. The molecule has 1 atom stereocenters. The van der Waals surface area contributed by atoms with Gasteiger partial charge in [0.2, 0.25) is 11.8 Å². The number of hydrogen-bond acceptors (Lipinski definition) is 2. The van der Waals surface area contributed by atoms with Gasteiger partial charge in [0.15, 0.2) is 0 Å². The Bertz CT molecular complexity index is 526. The second kappa shape index (κ2) is 4.39. The normalized spacial score (nSPS) is 20.5. The zero-order valence-electron chi connectivity index (χ0n) is 9.70. The first-order valence-corrected chi connectivity index (χ1v) is 6.93. The number of amides is 2. The Hall–Kier alpha value is -1.36. The van der Waals surface area contributed by atoms with Crippen LogP contribution in [0.4, 0.5) is 11.4 Å². The Morgan fingerprint density at radius 1 is 1.11 bits per heavy atom. The molecule has 5 heteroatoms. The molecule has 3 rings (SSSR count). The maximum absolute atomic E-state index is 11.5. The number of anilines is 2. The molecule has 0 spiro atoms. The van der Waals surface area contributed by atoms with Crippen LogP contribution in [0.1, 0.15) is 29.7 Å². The fourth-order valence-corrected chi connectivity index (χ4v) is 2.95. The lowest BCUT2D eigenvalue weighted by Crippen LogP contribution is -2.16. The number of rotatable bonds is 2. The van der Waals surface area contributed by atoms with E-state index in [0.717, 1.165) is 5.56 Å². The van der Waals surface area contributed by atoms with Crippen molar-refractivity contribution in [2.24, 2.45) is 5.92 Å². The van der Waals surface area contributed by atoms with Gasteiger partial charge in [-0.05, 0) is 36.5 Å². The number of alkyl halides is 1. The van der Waals surface area contributed by atoms with Gasteiger partial charge in [-0.2, -0.15) is 0 Å². The van der Waals surface area contributed by atoms with E-state index in [1.807, 2.05) is 18.2 Å². The summed E-state index contributed by atoms with van der Waals surface area (Å²) in [4.78, 5) is 23.2. The SMILES string of the molecule is O=C1CC(=O)Nc2cc(C(Br)C3CC3)ccc2N1. The molecule has 0 radical (unpaired) electrons. The van der Waals surface area contributed by atoms with Crippen molar-refractivity contribution in [3.8, 4) is 0 Å². The lowest BCUT2D eigenvalue weighted by molar-refractivity contribution is -0.123. The fraction of sp³-hybridized carbons (Fsp3) is 0.385. The third-order valence-corrected chi connectivity index (χ3v) is 4.54. The van der Waals surface area contributed by atoms with E-state index in [1.54, 1.807) is 0 Å². The summed E-state index contributed by atoms with van der Waals surface area (Å²) in [5.74, 6) is 0.164. The highest BCUT2D eigenvalue weighted by atomic mass is 79.9. The molecular weight excluding hydrogens is 296 g/mol. The monoisotopic (exact) mass is 308 g/mol. The van der Waals surface area contributed by atoms with E-state index < -0.39 is 0 Å². The van der Waals surface area contributed by atoms with Gasteiger partial charge in [-0.15, -0.1) is 0 Å². The number of nitrogens with one attached hydrogen (secondary N) is 2. The second-order valence-corrected chi connectivity index (χ2v) is 5.80. The number of benzene rings is 1. The summed E-state index contributed by atoms with van der Waals surface area (Å²) in [7, 11) is 0. The van der Waals surface area contributed by atoms with Gasteiger partial charge in [-0.1, -0.05) is 22.0 Å². The van der Waals surface area contributed by atoms with Crippen molar-refractivity contribution in [3.05, 3.63) is 23.8 Å². The van der Waals surface area contributed by atoms with Crippen LogP contribution in [0.15, 0.2) is 18.2 Å². The largest absolute Gasteiger partial charge is 0.324 e. The molecule has 4 nitrogen and oxygen atoms in total. The van der Waals surface area contributed by atoms with Gasteiger partial charge < -0.3 is 10.6 Å². The molecule has 2 amide bonds. The lowest BCUT2D eigenvalue weighted by atomic mass is 10.1. The molecule has 1 saturated carbocycles.